The summed E-state index contributed by atoms with van der Waals surface area (Å²) in [5.41, 5.74) is 3.08. The molecule has 3 aromatic carbocycles. The Kier molecular flexibility index (Phi) is 10.3. The Morgan fingerprint density at radius 3 is 2.35 bits per heavy atom. The summed E-state index contributed by atoms with van der Waals surface area (Å²) in [7, 11) is 1.68. The van der Waals surface area contributed by atoms with Crippen molar-refractivity contribution in [2.24, 2.45) is 0 Å². The van der Waals surface area contributed by atoms with E-state index in [0.29, 0.717) is 47.8 Å². The Hall–Kier alpha value is -2.11. The molecule has 0 bridgehead atoms. The number of methoxy groups -OCH3 is 1. The van der Waals surface area contributed by atoms with Crippen LogP contribution in [0.2, 0.25) is 10.0 Å². The number of rotatable bonds is 10. The maximum absolute atomic E-state index is 6.24. The van der Waals surface area contributed by atoms with Crippen molar-refractivity contribution in [2.75, 3.05) is 13.7 Å². The summed E-state index contributed by atoms with van der Waals surface area (Å²) < 4.78 is 17.2. The predicted molar refractivity (Wildman–Crippen MR) is 129 cm³/mol. The standard InChI is InChI=1S/C24H25Cl2NO3.ClH/c1-3-29-24-12-17(14-27-15-18-6-4-5-7-22(18)28-2)8-11-23(24)30-16-19-9-10-20(25)13-21(19)26;/h4-13,27H,3,14-16H2,1-2H3;1H. The van der Waals surface area contributed by atoms with Gasteiger partial charge >= 0.3 is 0 Å². The van der Waals surface area contributed by atoms with E-state index in [1.807, 2.05) is 49.4 Å². The van der Waals surface area contributed by atoms with Gasteiger partial charge in [-0.15, -0.1) is 12.4 Å². The number of ether oxygens (including phenoxy) is 3. The van der Waals surface area contributed by atoms with E-state index in [0.717, 1.165) is 22.4 Å². The van der Waals surface area contributed by atoms with Gasteiger partial charge in [0.1, 0.15) is 12.4 Å². The Bertz CT molecular complexity index is 982. The Labute approximate surface area is 199 Å². The summed E-state index contributed by atoms with van der Waals surface area (Å²) in [5, 5.41) is 4.63. The Balaban J connectivity index is 0.00000341. The summed E-state index contributed by atoms with van der Waals surface area (Å²) in [5.74, 6) is 2.26. The van der Waals surface area contributed by atoms with E-state index in [-0.39, 0.29) is 12.4 Å². The zero-order chi connectivity index (χ0) is 21.3. The van der Waals surface area contributed by atoms with Crippen LogP contribution in [0, 0.1) is 0 Å². The largest absolute Gasteiger partial charge is 0.496 e. The molecule has 0 aliphatic heterocycles. The van der Waals surface area contributed by atoms with Crippen LogP contribution in [0.1, 0.15) is 23.6 Å². The molecule has 3 rings (SSSR count). The highest BCUT2D eigenvalue weighted by Gasteiger charge is 2.09. The first-order valence-electron chi connectivity index (χ1n) is 9.75. The average Bonchev–Trinajstić information content (AvgIpc) is 2.75. The van der Waals surface area contributed by atoms with Gasteiger partial charge in [0.2, 0.25) is 0 Å². The SMILES string of the molecule is CCOc1cc(CNCc2ccccc2OC)ccc1OCc1ccc(Cl)cc1Cl.Cl. The van der Waals surface area contributed by atoms with Crippen molar-refractivity contribution >= 4 is 35.6 Å². The number of benzene rings is 3. The van der Waals surface area contributed by atoms with Gasteiger partial charge in [-0.2, -0.15) is 0 Å². The molecule has 7 heteroatoms. The second kappa shape index (κ2) is 12.7. The first-order valence-corrected chi connectivity index (χ1v) is 10.5. The van der Waals surface area contributed by atoms with Gasteiger partial charge in [0, 0.05) is 34.3 Å². The van der Waals surface area contributed by atoms with Crippen LogP contribution in [0.5, 0.6) is 17.2 Å². The van der Waals surface area contributed by atoms with Gasteiger partial charge in [-0.05, 0) is 42.8 Å². The first kappa shape index (κ1) is 25.2. The minimum Gasteiger partial charge on any atom is -0.496 e. The van der Waals surface area contributed by atoms with Crippen LogP contribution in [-0.2, 0) is 19.7 Å². The van der Waals surface area contributed by atoms with Crippen LogP contribution in [0.4, 0.5) is 0 Å². The van der Waals surface area contributed by atoms with Crippen LogP contribution in [-0.4, -0.2) is 13.7 Å². The van der Waals surface area contributed by atoms with Gasteiger partial charge in [-0.25, -0.2) is 0 Å². The first-order chi connectivity index (χ1) is 14.6. The molecule has 0 unspecified atom stereocenters. The Morgan fingerprint density at radius 1 is 0.806 bits per heavy atom. The summed E-state index contributed by atoms with van der Waals surface area (Å²) in [4.78, 5) is 0. The van der Waals surface area contributed by atoms with Gasteiger partial charge < -0.3 is 19.5 Å². The summed E-state index contributed by atoms with van der Waals surface area (Å²) in [6.45, 7) is 4.24. The number of hydrogen-bond acceptors (Lipinski definition) is 4. The second-order valence-electron chi connectivity index (χ2n) is 6.65. The molecule has 4 nitrogen and oxygen atoms in total. The molecule has 0 atom stereocenters. The zero-order valence-electron chi connectivity index (χ0n) is 17.5. The average molecular weight is 483 g/mol. The van der Waals surface area contributed by atoms with Gasteiger partial charge in [0.05, 0.1) is 13.7 Å². The Morgan fingerprint density at radius 2 is 1.61 bits per heavy atom. The van der Waals surface area contributed by atoms with Crippen molar-refractivity contribution in [3.63, 3.8) is 0 Å². The molecule has 0 fully saturated rings. The number of nitrogens with one attached hydrogen (secondary N) is 1. The van der Waals surface area contributed by atoms with E-state index in [1.54, 1.807) is 19.2 Å². The molecule has 0 spiro atoms. The molecule has 0 amide bonds. The molecular weight excluding hydrogens is 457 g/mol. The van der Waals surface area contributed by atoms with Gasteiger partial charge in [0.25, 0.3) is 0 Å². The van der Waals surface area contributed by atoms with E-state index in [2.05, 4.69) is 11.4 Å². The van der Waals surface area contributed by atoms with Crippen LogP contribution in [0.25, 0.3) is 0 Å². The molecule has 0 saturated heterocycles. The van der Waals surface area contributed by atoms with Crippen LogP contribution in [0.3, 0.4) is 0 Å². The molecule has 0 aliphatic rings. The van der Waals surface area contributed by atoms with E-state index >= 15 is 0 Å². The van der Waals surface area contributed by atoms with Gasteiger partial charge in [-0.1, -0.05) is 53.5 Å². The quantitative estimate of drug-likeness (QED) is 0.349. The molecule has 31 heavy (non-hydrogen) atoms. The topological polar surface area (TPSA) is 39.7 Å². The number of halogens is 3. The summed E-state index contributed by atoms with van der Waals surface area (Å²) >= 11 is 12.2. The van der Waals surface area contributed by atoms with Crippen molar-refractivity contribution in [3.05, 3.63) is 87.4 Å². The minimum atomic E-state index is 0. The summed E-state index contributed by atoms with van der Waals surface area (Å²) in [6.07, 6.45) is 0. The third-order valence-electron chi connectivity index (χ3n) is 4.54. The third kappa shape index (κ3) is 7.22. The molecule has 1 N–H and O–H groups in total. The third-order valence-corrected chi connectivity index (χ3v) is 5.13. The van der Waals surface area contributed by atoms with Crippen LogP contribution < -0.4 is 19.5 Å². The molecule has 0 radical (unpaired) electrons. The monoisotopic (exact) mass is 481 g/mol. The second-order valence-corrected chi connectivity index (χ2v) is 7.50. The lowest BCUT2D eigenvalue weighted by Crippen LogP contribution is -2.13. The summed E-state index contributed by atoms with van der Waals surface area (Å²) in [6, 6.07) is 19.3. The van der Waals surface area contributed by atoms with Crippen LogP contribution in [0.15, 0.2) is 60.7 Å². The molecule has 0 aliphatic carbocycles. The molecule has 3 aromatic rings. The van der Waals surface area contributed by atoms with Gasteiger partial charge in [-0.3, -0.25) is 0 Å². The lowest BCUT2D eigenvalue weighted by Gasteiger charge is -2.15. The van der Waals surface area contributed by atoms with Crippen molar-refractivity contribution in [1.29, 1.82) is 0 Å². The highest BCUT2D eigenvalue weighted by Crippen LogP contribution is 2.30. The van der Waals surface area contributed by atoms with Crippen molar-refractivity contribution in [3.8, 4) is 17.2 Å². The number of hydrogen-bond donors (Lipinski definition) is 1. The van der Waals surface area contributed by atoms with E-state index in [4.69, 9.17) is 37.4 Å². The lowest BCUT2D eigenvalue weighted by atomic mass is 10.1. The molecule has 0 heterocycles. The number of para-hydroxylation sites is 1. The highest BCUT2D eigenvalue weighted by atomic mass is 35.5. The smallest absolute Gasteiger partial charge is 0.161 e. The van der Waals surface area contributed by atoms with Crippen molar-refractivity contribution in [2.45, 2.75) is 26.6 Å². The molecule has 166 valence electrons. The fourth-order valence-electron chi connectivity index (χ4n) is 3.03. The lowest BCUT2D eigenvalue weighted by molar-refractivity contribution is 0.269. The van der Waals surface area contributed by atoms with E-state index < -0.39 is 0 Å². The fraction of sp³-hybridized carbons (Fsp3) is 0.250. The minimum absolute atomic E-state index is 0. The van der Waals surface area contributed by atoms with Crippen LogP contribution >= 0.6 is 35.6 Å². The van der Waals surface area contributed by atoms with E-state index in [1.165, 1.54) is 0 Å². The predicted octanol–water partition coefficient (Wildman–Crippen LogP) is 6.69. The van der Waals surface area contributed by atoms with Crippen molar-refractivity contribution < 1.29 is 14.2 Å². The fourth-order valence-corrected chi connectivity index (χ4v) is 3.50. The normalized spacial score (nSPS) is 10.3. The van der Waals surface area contributed by atoms with E-state index in [9.17, 15) is 0 Å². The van der Waals surface area contributed by atoms with Gasteiger partial charge in [0.15, 0.2) is 11.5 Å². The maximum Gasteiger partial charge on any atom is 0.161 e. The molecular formula is C24H26Cl3NO3. The maximum atomic E-state index is 6.24. The van der Waals surface area contributed by atoms with Crippen molar-refractivity contribution in [1.82, 2.24) is 5.32 Å². The molecule has 0 aromatic heterocycles. The highest BCUT2D eigenvalue weighted by molar-refractivity contribution is 6.35. The zero-order valence-corrected chi connectivity index (χ0v) is 19.8. The molecule has 0 saturated carbocycles.